The number of anilines is 2. The van der Waals surface area contributed by atoms with E-state index in [2.05, 4.69) is 30.0 Å². The maximum Gasteiger partial charge on any atom is 0.231 e. The molecule has 2 aromatic heterocycles. The van der Waals surface area contributed by atoms with E-state index < -0.39 is 0 Å². The van der Waals surface area contributed by atoms with Crippen LogP contribution >= 0.6 is 11.8 Å². The van der Waals surface area contributed by atoms with E-state index in [0.29, 0.717) is 11.1 Å². The fraction of sp³-hybridized carbons (Fsp3) is 0.545. The number of rotatable bonds is 3. The van der Waals surface area contributed by atoms with Crippen molar-refractivity contribution in [2.24, 2.45) is 7.05 Å². The molecular weight excluding hydrogens is 276 g/mol. The van der Waals surface area contributed by atoms with Gasteiger partial charge < -0.3 is 15.2 Å². The normalized spacial score (nSPS) is 15.6. The maximum atomic E-state index is 5.79. The molecule has 0 aliphatic carbocycles. The van der Waals surface area contributed by atoms with Crippen molar-refractivity contribution in [3.63, 3.8) is 0 Å². The number of aryl methyl sites for hydroxylation is 1. The second-order valence-corrected chi connectivity index (χ2v) is 5.58. The number of piperidine rings is 1. The molecule has 0 aromatic carbocycles. The van der Waals surface area contributed by atoms with Crippen molar-refractivity contribution in [2.45, 2.75) is 29.6 Å². The van der Waals surface area contributed by atoms with Crippen molar-refractivity contribution < 1.29 is 0 Å². The van der Waals surface area contributed by atoms with Crippen LogP contribution in [0.3, 0.4) is 0 Å². The lowest BCUT2D eigenvalue weighted by molar-refractivity contribution is 0.565. The Morgan fingerprint density at radius 3 is 2.65 bits per heavy atom. The van der Waals surface area contributed by atoms with Gasteiger partial charge in [-0.3, -0.25) is 0 Å². The predicted octanol–water partition coefficient (Wildman–Crippen LogP) is 0.724. The second kappa shape index (κ2) is 5.61. The summed E-state index contributed by atoms with van der Waals surface area (Å²) < 4.78 is 1.81. The highest BCUT2D eigenvalue weighted by molar-refractivity contribution is 7.99. The summed E-state index contributed by atoms with van der Waals surface area (Å²) in [5.41, 5.74) is 5.79. The van der Waals surface area contributed by atoms with Crippen LogP contribution < -0.4 is 10.6 Å². The molecule has 0 saturated carbocycles. The molecule has 0 spiro atoms. The first-order valence-electron chi connectivity index (χ1n) is 6.51. The zero-order valence-corrected chi connectivity index (χ0v) is 12.0. The zero-order chi connectivity index (χ0) is 13.9. The average Bonchev–Trinajstić information content (AvgIpc) is 2.85. The van der Waals surface area contributed by atoms with Crippen LogP contribution in [0.1, 0.15) is 19.3 Å². The van der Waals surface area contributed by atoms with Crippen molar-refractivity contribution in [3.05, 3.63) is 6.33 Å². The zero-order valence-electron chi connectivity index (χ0n) is 11.2. The summed E-state index contributed by atoms with van der Waals surface area (Å²) in [5.74, 6) is 0.895. The van der Waals surface area contributed by atoms with E-state index in [1.165, 1.54) is 18.2 Å². The van der Waals surface area contributed by atoms with Crippen LogP contribution in [0.5, 0.6) is 0 Å². The lowest BCUT2D eigenvalue weighted by Crippen LogP contribution is -2.31. The van der Waals surface area contributed by atoms with Gasteiger partial charge in [0.25, 0.3) is 0 Å². The minimum atomic E-state index is 0.241. The monoisotopic (exact) mass is 292 g/mol. The summed E-state index contributed by atoms with van der Waals surface area (Å²) in [4.78, 5) is 15.0. The second-order valence-electron chi connectivity index (χ2n) is 4.65. The summed E-state index contributed by atoms with van der Waals surface area (Å²) in [7, 11) is 1.87. The molecule has 3 heterocycles. The Labute approximate surface area is 120 Å². The van der Waals surface area contributed by atoms with Gasteiger partial charge in [-0.15, -0.1) is 10.2 Å². The molecule has 0 radical (unpaired) electrons. The lowest BCUT2D eigenvalue weighted by atomic mass is 10.1. The van der Waals surface area contributed by atoms with E-state index in [-0.39, 0.29) is 5.95 Å². The molecule has 106 valence electrons. The number of aromatic nitrogens is 6. The molecule has 0 amide bonds. The molecule has 0 unspecified atom stereocenters. The van der Waals surface area contributed by atoms with Gasteiger partial charge in [-0.2, -0.15) is 15.0 Å². The Hall–Kier alpha value is -1.90. The Morgan fingerprint density at radius 1 is 1.15 bits per heavy atom. The molecule has 9 heteroatoms. The fourth-order valence-electron chi connectivity index (χ4n) is 2.09. The van der Waals surface area contributed by atoms with Gasteiger partial charge in [0.15, 0.2) is 5.16 Å². The summed E-state index contributed by atoms with van der Waals surface area (Å²) in [6, 6.07) is 0. The largest absolute Gasteiger partial charge is 0.368 e. The molecule has 0 atom stereocenters. The topological polar surface area (TPSA) is 98.6 Å². The Balaban J connectivity index is 1.84. The molecule has 8 nitrogen and oxygen atoms in total. The van der Waals surface area contributed by atoms with E-state index in [0.717, 1.165) is 31.1 Å². The van der Waals surface area contributed by atoms with Gasteiger partial charge in [0.1, 0.15) is 6.33 Å². The Bertz CT molecular complexity index is 592. The summed E-state index contributed by atoms with van der Waals surface area (Å²) in [6.45, 7) is 1.94. The lowest BCUT2D eigenvalue weighted by Gasteiger charge is -2.26. The summed E-state index contributed by atoms with van der Waals surface area (Å²) in [6.07, 6.45) is 5.23. The third-order valence-electron chi connectivity index (χ3n) is 3.11. The molecule has 0 bridgehead atoms. The van der Waals surface area contributed by atoms with Crippen molar-refractivity contribution in [1.82, 2.24) is 29.7 Å². The SMILES string of the molecule is Cn1cnnc1Sc1nc(N)nc(N2CCCCC2)n1. The van der Waals surface area contributed by atoms with E-state index in [1.807, 2.05) is 11.6 Å². The molecule has 3 rings (SSSR count). The fourth-order valence-corrected chi connectivity index (χ4v) is 2.80. The molecule has 1 aliphatic rings. The highest BCUT2D eigenvalue weighted by Crippen LogP contribution is 2.24. The highest BCUT2D eigenvalue weighted by Gasteiger charge is 2.16. The average molecular weight is 292 g/mol. The minimum Gasteiger partial charge on any atom is -0.368 e. The summed E-state index contributed by atoms with van der Waals surface area (Å²) in [5, 5.41) is 9.11. The Kier molecular flexibility index (Phi) is 3.68. The quantitative estimate of drug-likeness (QED) is 0.883. The van der Waals surface area contributed by atoms with Crippen LogP contribution in [-0.4, -0.2) is 42.8 Å². The molecule has 2 N–H and O–H groups in total. The van der Waals surface area contributed by atoms with Crippen LogP contribution in [0, 0.1) is 0 Å². The molecule has 1 saturated heterocycles. The van der Waals surface area contributed by atoms with E-state index >= 15 is 0 Å². The smallest absolute Gasteiger partial charge is 0.231 e. The van der Waals surface area contributed by atoms with Crippen molar-refractivity contribution in [2.75, 3.05) is 23.7 Å². The van der Waals surface area contributed by atoms with Crippen molar-refractivity contribution in [1.29, 1.82) is 0 Å². The van der Waals surface area contributed by atoms with Crippen LogP contribution in [0.2, 0.25) is 0 Å². The van der Waals surface area contributed by atoms with Gasteiger partial charge >= 0.3 is 0 Å². The van der Waals surface area contributed by atoms with Crippen molar-refractivity contribution in [3.8, 4) is 0 Å². The third-order valence-corrected chi connectivity index (χ3v) is 4.03. The van der Waals surface area contributed by atoms with Crippen LogP contribution in [0.15, 0.2) is 16.6 Å². The third kappa shape index (κ3) is 2.82. The van der Waals surface area contributed by atoms with Crippen molar-refractivity contribution >= 4 is 23.7 Å². The standard InChI is InChI=1S/C11H16N8S/c1-18-7-13-17-11(18)20-10-15-8(12)14-9(16-10)19-5-3-2-4-6-19/h7H,2-6H2,1H3,(H2,12,14,15,16). The minimum absolute atomic E-state index is 0.241. The van der Waals surface area contributed by atoms with Crippen LogP contribution in [-0.2, 0) is 7.05 Å². The van der Waals surface area contributed by atoms with Gasteiger partial charge in [0, 0.05) is 20.1 Å². The number of hydrogen-bond acceptors (Lipinski definition) is 8. The highest BCUT2D eigenvalue weighted by atomic mass is 32.2. The summed E-state index contributed by atoms with van der Waals surface area (Å²) >= 11 is 1.33. The molecule has 20 heavy (non-hydrogen) atoms. The van der Waals surface area contributed by atoms with E-state index in [4.69, 9.17) is 5.73 Å². The van der Waals surface area contributed by atoms with Crippen LogP contribution in [0.25, 0.3) is 0 Å². The van der Waals surface area contributed by atoms with E-state index in [9.17, 15) is 0 Å². The number of nitrogens with two attached hydrogens (primary N) is 1. The first-order chi connectivity index (χ1) is 9.72. The number of nitrogens with zero attached hydrogens (tertiary/aromatic N) is 7. The van der Waals surface area contributed by atoms with Gasteiger partial charge in [-0.25, -0.2) is 0 Å². The molecular formula is C11H16N8S. The maximum absolute atomic E-state index is 5.79. The number of nitrogen functional groups attached to an aromatic ring is 1. The van der Waals surface area contributed by atoms with E-state index in [1.54, 1.807) is 6.33 Å². The van der Waals surface area contributed by atoms with Gasteiger partial charge in [0.2, 0.25) is 17.1 Å². The first kappa shape index (κ1) is 13.1. The first-order valence-corrected chi connectivity index (χ1v) is 7.32. The molecule has 2 aromatic rings. The van der Waals surface area contributed by atoms with Gasteiger partial charge in [0.05, 0.1) is 0 Å². The predicted molar refractivity (Wildman–Crippen MR) is 75.4 cm³/mol. The molecule has 1 fully saturated rings. The van der Waals surface area contributed by atoms with Gasteiger partial charge in [-0.1, -0.05) is 0 Å². The van der Waals surface area contributed by atoms with Crippen LogP contribution in [0.4, 0.5) is 11.9 Å². The molecule has 1 aliphatic heterocycles. The van der Waals surface area contributed by atoms with Gasteiger partial charge in [-0.05, 0) is 31.0 Å². The Morgan fingerprint density at radius 2 is 1.95 bits per heavy atom. The number of hydrogen-bond donors (Lipinski definition) is 1.